The van der Waals surface area contributed by atoms with Crippen molar-refractivity contribution in [2.24, 2.45) is 0 Å². The molecule has 0 saturated heterocycles. The van der Waals surface area contributed by atoms with E-state index in [1.54, 1.807) is 6.20 Å². The summed E-state index contributed by atoms with van der Waals surface area (Å²) in [4.78, 5) is 4.21. The van der Waals surface area contributed by atoms with Gasteiger partial charge in [-0.3, -0.25) is 0 Å². The molecular formula is C16H20N2O. The van der Waals surface area contributed by atoms with Crippen LogP contribution in [-0.4, -0.2) is 18.1 Å². The number of hydrogen-bond acceptors (Lipinski definition) is 3. The summed E-state index contributed by atoms with van der Waals surface area (Å²) in [6.07, 6.45) is 1.78. The van der Waals surface area contributed by atoms with Crippen molar-refractivity contribution < 1.29 is 4.74 Å². The third-order valence-corrected chi connectivity index (χ3v) is 3.19. The lowest BCUT2D eigenvalue weighted by Gasteiger charge is -2.14. The highest BCUT2D eigenvalue weighted by Gasteiger charge is 2.05. The number of ether oxygens (including phenoxy) is 1. The summed E-state index contributed by atoms with van der Waals surface area (Å²) in [5, 5.41) is 3.23. The molecule has 0 amide bonds. The zero-order chi connectivity index (χ0) is 13.7. The first-order chi connectivity index (χ1) is 9.18. The fraction of sp³-hybridized carbons (Fsp3) is 0.312. The van der Waals surface area contributed by atoms with E-state index in [2.05, 4.69) is 43.2 Å². The monoisotopic (exact) mass is 256 g/mol. The summed E-state index contributed by atoms with van der Waals surface area (Å²) in [5.74, 6) is 1.88. The minimum atomic E-state index is 0.627. The molecule has 0 bridgehead atoms. The number of anilines is 1. The average molecular weight is 256 g/mol. The van der Waals surface area contributed by atoms with Gasteiger partial charge in [0.05, 0.1) is 6.54 Å². The molecule has 3 nitrogen and oxygen atoms in total. The maximum absolute atomic E-state index is 5.88. The average Bonchev–Trinajstić information content (AvgIpc) is 2.43. The Hall–Kier alpha value is -2.03. The molecule has 1 heterocycles. The smallest absolute Gasteiger partial charge is 0.125 e. The van der Waals surface area contributed by atoms with E-state index < -0.39 is 0 Å². The van der Waals surface area contributed by atoms with Gasteiger partial charge in [-0.05, 0) is 49.6 Å². The SMILES string of the molecule is Cc1ccc(C)c(OCCNc2ccccn2)c1C. The molecule has 0 spiro atoms. The molecule has 0 aliphatic carbocycles. The quantitative estimate of drug-likeness (QED) is 0.831. The number of aromatic nitrogens is 1. The van der Waals surface area contributed by atoms with Crippen LogP contribution in [0.2, 0.25) is 0 Å². The molecule has 0 aliphatic heterocycles. The molecule has 2 rings (SSSR count). The third kappa shape index (κ3) is 3.47. The first-order valence-corrected chi connectivity index (χ1v) is 6.53. The molecule has 0 saturated carbocycles. The Morgan fingerprint density at radius 2 is 1.84 bits per heavy atom. The second-order valence-corrected chi connectivity index (χ2v) is 4.64. The Labute approximate surface area is 114 Å². The summed E-state index contributed by atoms with van der Waals surface area (Å²) in [6.45, 7) is 7.65. The molecular weight excluding hydrogens is 236 g/mol. The number of pyridine rings is 1. The van der Waals surface area contributed by atoms with Crippen LogP contribution in [0, 0.1) is 20.8 Å². The molecule has 100 valence electrons. The third-order valence-electron chi connectivity index (χ3n) is 3.19. The van der Waals surface area contributed by atoms with Crippen molar-refractivity contribution in [3.05, 3.63) is 53.2 Å². The van der Waals surface area contributed by atoms with E-state index in [9.17, 15) is 0 Å². The maximum atomic E-state index is 5.88. The number of hydrogen-bond donors (Lipinski definition) is 1. The van der Waals surface area contributed by atoms with Gasteiger partial charge in [-0.15, -0.1) is 0 Å². The van der Waals surface area contributed by atoms with Crippen LogP contribution in [-0.2, 0) is 0 Å². The summed E-state index contributed by atoms with van der Waals surface area (Å²) in [6, 6.07) is 10.0. The second kappa shape index (κ2) is 6.23. The Balaban J connectivity index is 1.88. The minimum absolute atomic E-state index is 0.627. The van der Waals surface area contributed by atoms with Crippen LogP contribution in [0.1, 0.15) is 16.7 Å². The van der Waals surface area contributed by atoms with Gasteiger partial charge in [0.15, 0.2) is 0 Å². The van der Waals surface area contributed by atoms with E-state index in [0.717, 1.165) is 18.1 Å². The van der Waals surface area contributed by atoms with E-state index in [-0.39, 0.29) is 0 Å². The van der Waals surface area contributed by atoms with Gasteiger partial charge in [0, 0.05) is 6.20 Å². The molecule has 1 N–H and O–H groups in total. The van der Waals surface area contributed by atoms with Crippen LogP contribution in [0.5, 0.6) is 5.75 Å². The number of nitrogens with zero attached hydrogens (tertiary/aromatic N) is 1. The first-order valence-electron chi connectivity index (χ1n) is 6.53. The Morgan fingerprint density at radius 1 is 1.05 bits per heavy atom. The second-order valence-electron chi connectivity index (χ2n) is 4.64. The normalized spacial score (nSPS) is 10.3. The summed E-state index contributed by atoms with van der Waals surface area (Å²) in [5.41, 5.74) is 3.66. The van der Waals surface area contributed by atoms with E-state index >= 15 is 0 Å². The van der Waals surface area contributed by atoms with Crippen LogP contribution < -0.4 is 10.1 Å². The highest BCUT2D eigenvalue weighted by atomic mass is 16.5. The predicted octanol–water partition coefficient (Wildman–Crippen LogP) is 3.50. The van der Waals surface area contributed by atoms with Crippen molar-refractivity contribution in [2.75, 3.05) is 18.5 Å². The van der Waals surface area contributed by atoms with Crippen molar-refractivity contribution in [3.63, 3.8) is 0 Å². The summed E-state index contributed by atoms with van der Waals surface area (Å²) >= 11 is 0. The topological polar surface area (TPSA) is 34.1 Å². The number of aryl methyl sites for hydroxylation is 2. The summed E-state index contributed by atoms with van der Waals surface area (Å²) < 4.78 is 5.88. The van der Waals surface area contributed by atoms with Gasteiger partial charge in [0.2, 0.25) is 0 Å². The van der Waals surface area contributed by atoms with Crippen LogP contribution >= 0.6 is 0 Å². The van der Waals surface area contributed by atoms with Crippen molar-refractivity contribution >= 4 is 5.82 Å². The van der Waals surface area contributed by atoms with Gasteiger partial charge < -0.3 is 10.1 Å². The summed E-state index contributed by atoms with van der Waals surface area (Å²) in [7, 11) is 0. The lowest BCUT2D eigenvalue weighted by molar-refractivity contribution is 0.328. The van der Waals surface area contributed by atoms with E-state index in [1.807, 2.05) is 18.2 Å². The maximum Gasteiger partial charge on any atom is 0.125 e. The van der Waals surface area contributed by atoms with Gasteiger partial charge >= 0.3 is 0 Å². The van der Waals surface area contributed by atoms with Crippen LogP contribution in [0.25, 0.3) is 0 Å². The Kier molecular flexibility index (Phi) is 4.39. The standard InChI is InChI=1S/C16H20N2O/c1-12-7-8-13(2)16(14(12)3)19-11-10-18-15-6-4-5-9-17-15/h4-9H,10-11H2,1-3H3,(H,17,18). The van der Waals surface area contributed by atoms with Gasteiger partial charge in [0.25, 0.3) is 0 Å². The Morgan fingerprint density at radius 3 is 2.58 bits per heavy atom. The minimum Gasteiger partial charge on any atom is -0.491 e. The zero-order valence-corrected chi connectivity index (χ0v) is 11.7. The van der Waals surface area contributed by atoms with Crippen LogP contribution in [0.4, 0.5) is 5.82 Å². The highest BCUT2D eigenvalue weighted by Crippen LogP contribution is 2.25. The molecule has 0 fully saturated rings. The fourth-order valence-corrected chi connectivity index (χ4v) is 1.95. The van der Waals surface area contributed by atoms with Crippen molar-refractivity contribution in [1.29, 1.82) is 0 Å². The molecule has 3 heteroatoms. The molecule has 0 aliphatic rings. The molecule has 0 radical (unpaired) electrons. The van der Waals surface area contributed by atoms with E-state index in [1.165, 1.54) is 16.7 Å². The number of benzene rings is 1. The van der Waals surface area contributed by atoms with Crippen LogP contribution in [0.3, 0.4) is 0 Å². The fourth-order valence-electron chi connectivity index (χ4n) is 1.95. The van der Waals surface area contributed by atoms with E-state index in [0.29, 0.717) is 6.61 Å². The molecule has 1 aromatic heterocycles. The van der Waals surface area contributed by atoms with Gasteiger partial charge in [0.1, 0.15) is 18.2 Å². The van der Waals surface area contributed by atoms with Crippen molar-refractivity contribution in [3.8, 4) is 5.75 Å². The van der Waals surface area contributed by atoms with Crippen molar-refractivity contribution in [1.82, 2.24) is 4.98 Å². The zero-order valence-electron chi connectivity index (χ0n) is 11.7. The number of rotatable bonds is 5. The van der Waals surface area contributed by atoms with Gasteiger partial charge in [-0.1, -0.05) is 18.2 Å². The molecule has 1 aromatic carbocycles. The Bertz CT molecular complexity index is 538. The molecule has 19 heavy (non-hydrogen) atoms. The lowest BCUT2D eigenvalue weighted by Crippen LogP contribution is -2.13. The molecule has 0 atom stereocenters. The first kappa shape index (κ1) is 13.4. The molecule has 0 unspecified atom stereocenters. The van der Waals surface area contributed by atoms with Crippen molar-refractivity contribution in [2.45, 2.75) is 20.8 Å². The van der Waals surface area contributed by atoms with Gasteiger partial charge in [-0.2, -0.15) is 0 Å². The number of nitrogens with one attached hydrogen (secondary N) is 1. The van der Waals surface area contributed by atoms with E-state index in [4.69, 9.17) is 4.74 Å². The van der Waals surface area contributed by atoms with Gasteiger partial charge in [-0.25, -0.2) is 4.98 Å². The largest absolute Gasteiger partial charge is 0.491 e. The highest BCUT2D eigenvalue weighted by molar-refractivity contribution is 5.44. The predicted molar refractivity (Wildman–Crippen MR) is 78.9 cm³/mol. The lowest BCUT2D eigenvalue weighted by atomic mass is 10.1. The van der Waals surface area contributed by atoms with Crippen LogP contribution in [0.15, 0.2) is 36.5 Å². The molecule has 2 aromatic rings.